The summed E-state index contributed by atoms with van der Waals surface area (Å²) in [6.45, 7) is 6.63. The summed E-state index contributed by atoms with van der Waals surface area (Å²) in [7, 11) is 0. The molecule has 0 aromatic rings. The zero-order valence-electron chi connectivity index (χ0n) is 45.4. The number of ether oxygens (including phenoxy) is 3. The van der Waals surface area contributed by atoms with Gasteiger partial charge in [-0.05, 0) is 83.5 Å². The van der Waals surface area contributed by atoms with Crippen molar-refractivity contribution >= 4 is 17.9 Å². The van der Waals surface area contributed by atoms with Crippen LogP contribution in [0.25, 0.3) is 0 Å². The lowest BCUT2D eigenvalue weighted by Crippen LogP contribution is -2.30. The van der Waals surface area contributed by atoms with Crippen LogP contribution >= 0.6 is 0 Å². The molecule has 0 saturated carbocycles. The number of carbonyl (C=O) groups excluding carboxylic acids is 3. The Labute approximate surface area is 422 Å². The molecule has 0 aromatic carbocycles. The Morgan fingerprint density at radius 3 is 0.838 bits per heavy atom. The standard InChI is InChI=1S/C62H112O6/c1-4-7-10-13-16-19-22-24-26-28-30-31-33-34-36-38-40-43-46-49-52-55-61(64)67-58-59(57-66-60(63)54-51-48-45-42-21-18-15-12-9-6-3)68-62(65)56-53-50-47-44-41-39-37-35-32-29-27-25-23-20-17-14-11-8-5-2/h22,24-25,27-28,30,33-34,59H,4-21,23,26,29,31-32,35-58H2,1-3H3/b24-22-,27-25-,30-28-,34-33-. The molecule has 0 N–H and O–H groups in total. The predicted octanol–water partition coefficient (Wildman–Crippen LogP) is 19.8. The first-order valence-electron chi connectivity index (χ1n) is 29.6. The van der Waals surface area contributed by atoms with Crippen molar-refractivity contribution in [2.45, 2.75) is 316 Å². The van der Waals surface area contributed by atoms with Gasteiger partial charge in [-0.3, -0.25) is 14.4 Å². The van der Waals surface area contributed by atoms with Crippen LogP contribution in [-0.4, -0.2) is 37.2 Å². The third kappa shape index (κ3) is 54.3. The average molecular weight is 954 g/mol. The molecule has 0 aliphatic rings. The van der Waals surface area contributed by atoms with E-state index in [1.54, 1.807) is 0 Å². The van der Waals surface area contributed by atoms with Crippen LogP contribution in [0.3, 0.4) is 0 Å². The molecule has 0 bridgehead atoms. The van der Waals surface area contributed by atoms with Crippen molar-refractivity contribution in [3.05, 3.63) is 48.6 Å². The molecule has 6 heteroatoms. The van der Waals surface area contributed by atoms with Crippen LogP contribution in [0.2, 0.25) is 0 Å². The van der Waals surface area contributed by atoms with E-state index in [9.17, 15) is 14.4 Å². The first-order chi connectivity index (χ1) is 33.5. The SMILES string of the molecule is CCCCCCC/C=C\C/C=C\C/C=C\CCCCCCCCC(=O)OCC(COC(=O)CCCCCCCCCCCC)OC(=O)CCCCCCCCCCC/C=C\CCCCCCCC. The van der Waals surface area contributed by atoms with Gasteiger partial charge in [-0.2, -0.15) is 0 Å². The van der Waals surface area contributed by atoms with Crippen LogP contribution in [0, 0.1) is 0 Å². The molecule has 0 heterocycles. The smallest absolute Gasteiger partial charge is 0.306 e. The summed E-state index contributed by atoms with van der Waals surface area (Å²) in [5, 5.41) is 0. The number of carbonyl (C=O) groups is 3. The maximum Gasteiger partial charge on any atom is 0.306 e. The number of allylic oxidation sites excluding steroid dienone is 8. The van der Waals surface area contributed by atoms with Gasteiger partial charge in [0.25, 0.3) is 0 Å². The van der Waals surface area contributed by atoms with E-state index in [4.69, 9.17) is 14.2 Å². The normalized spacial score (nSPS) is 12.3. The minimum atomic E-state index is -0.777. The van der Waals surface area contributed by atoms with E-state index in [-0.39, 0.29) is 31.1 Å². The molecule has 0 aromatic heterocycles. The van der Waals surface area contributed by atoms with Crippen LogP contribution in [0.15, 0.2) is 48.6 Å². The molecule has 396 valence electrons. The highest BCUT2D eigenvalue weighted by atomic mass is 16.6. The average Bonchev–Trinajstić information content (AvgIpc) is 3.34. The Hall–Kier alpha value is -2.63. The largest absolute Gasteiger partial charge is 0.462 e. The fraction of sp³-hybridized carbons (Fsp3) is 0.823. The van der Waals surface area contributed by atoms with E-state index >= 15 is 0 Å². The summed E-state index contributed by atoms with van der Waals surface area (Å²) in [5.41, 5.74) is 0. The third-order valence-corrected chi connectivity index (χ3v) is 13.1. The maximum absolute atomic E-state index is 12.9. The van der Waals surface area contributed by atoms with Crippen LogP contribution in [0.5, 0.6) is 0 Å². The Bertz CT molecular complexity index is 1190. The van der Waals surface area contributed by atoms with Crippen LogP contribution < -0.4 is 0 Å². The summed E-state index contributed by atoms with van der Waals surface area (Å²) in [6, 6.07) is 0. The van der Waals surface area contributed by atoms with E-state index in [1.807, 2.05) is 0 Å². The van der Waals surface area contributed by atoms with Crippen molar-refractivity contribution in [1.82, 2.24) is 0 Å². The lowest BCUT2D eigenvalue weighted by atomic mass is 10.1. The molecule has 0 amide bonds. The number of hydrogen-bond donors (Lipinski definition) is 0. The van der Waals surface area contributed by atoms with Crippen molar-refractivity contribution in [1.29, 1.82) is 0 Å². The fourth-order valence-electron chi connectivity index (χ4n) is 8.56. The molecule has 0 radical (unpaired) electrons. The van der Waals surface area contributed by atoms with Gasteiger partial charge in [-0.25, -0.2) is 0 Å². The van der Waals surface area contributed by atoms with E-state index in [0.29, 0.717) is 19.3 Å². The molecular weight excluding hydrogens is 841 g/mol. The molecule has 1 atom stereocenters. The number of unbranched alkanes of at least 4 members (excludes halogenated alkanes) is 35. The zero-order valence-corrected chi connectivity index (χ0v) is 45.4. The molecule has 68 heavy (non-hydrogen) atoms. The lowest BCUT2D eigenvalue weighted by Gasteiger charge is -2.18. The molecule has 0 aliphatic carbocycles. The summed E-state index contributed by atoms with van der Waals surface area (Å²) in [5.74, 6) is -0.878. The van der Waals surface area contributed by atoms with Crippen LogP contribution in [0.1, 0.15) is 310 Å². The fourth-order valence-corrected chi connectivity index (χ4v) is 8.56. The zero-order chi connectivity index (χ0) is 49.3. The van der Waals surface area contributed by atoms with Gasteiger partial charge < -0.3 is 14.2 Å². The Balaban J connectivity index is 4.30. The van der Waals surface area contributed by atoms with E-state index in [1.165, 1.54) is 193 Å². The highest BCUT2D eigenvalue weighted by Crippen LogP contribution is 2.16. The van der Waals surface area contributed by atoms with Gasteiger partial charge in [-0.1, -0.05) is 256 Å². The monoisotopic (exact) mass is 953 g/mol. The van der Waals surface area contributed by atoms with Crippen LogP contribution in [0.4, 0.5) is 0 Å². The van der Waals surface area contributed by atoms with Crippen molar-refractivity contribution < 1.29 is 28.6 Å². The quantitative estimate of drug-likeness (QED) is 0.0262. The molecule has 0 spiro atoms. The van der Waals surface area contributed by atoms with Gasteiger partial charge in [0.2, 0.25) is 0 Å². The van der Waals surface area contributed by atoms with Crippen molar-refractivity contribution in [2.24, 2.45) is 0 Å². The molecule has 0 aliphatic heterocycles. The molecule has 0 saturated heterocycles. The van der Waals surface area contributed by atoms with Gasteiger partial charge in [0.15, 0.2) is 6.10 Å². The first kappa shape index (κ1) is 65.4. The Kier molecular flexibility index (Phi) is 54.8. The Morgan fingerprint density at radius 1 is 0.294 bits per heavy atom. The van der Waals surface area contributed by atoms with Gasteiger partial charge in [0.05, 0.1) is 0 Å². The van der Waals surface area contributed by atoms with Gasteiger partial charge in [-0.15, -0.1) is 0 Å². The van der Waals surface area contributed by atoms with Crippen molar-refractivity contribution in [3.63, 3.8) is 0 Å². The number of rotatable bonds is 54. The van der Waals surface area contributed by atoms with Crippen LogP contribution in [-0.2, 0) is 28.6 Å². The second-order valence-electron chi connectivity index (χ2n) is 19.9. The summed E-state index contributed by atoms with van der Waals surface area (Å²) in [4.78, 5) is 38.1. The van der Waals surface area contributed by atoms with E-state index in [0.717, 1.165) is 77.0 Å². The summed E-state index contributed by atoms with van der Waals surface area (Å²) >= 11 is 0. The Morgan fingerprint density at radius 2 is 0.529 bits per heavy atom. The van der Waals surface area contributed by atoms with Crippen molar-refractivity contribution in [2.75, 3.05) is 13.2 Å². The van der Waals surface area contributed by atoms with Crippen molar-refractivity contribution in [3.8, 4) is 0 Å². The summed E-state index contributed by atoms with van der Waals surface area (Å²) < 4.78 is 16.9. The molecule has 6 nitrogen and oxygen atoms in total. The maximum atomic E-state index is 12.9. The van der Waals surface area contributed by atoms with Gasteiger partial charge in [0.1, 0.15) is 13.2 Å². The molecule has 0 rings (SSSR count). The van der Waals surface area contributed by atoms with Gasteiger partial charge >= 0.3 is 17.9 Å². The summed E-state index contributed by atoms with van der Waals surface area (Å²) in [6.07, 6.45) is 69.6. The minimum Gasteiger partial charge on any atom is -0.462 e. The third-order valence-electron chi connectivity index (χ3n) is 13.1. The lowest BCUT2D eigenvalue weighted by molar-refractivity contribution is -0.167. The topological polar surface area (TPSA) is 78.9 Å². The highest BCUT2D eigenvalue weighted by molar-refractivity contribution is 5.71. The minimum absolute atomic E-state index is 0.0755. The predicted molar refractivity (Wildman–Crippen MR) is 293 cm³/mol. The molecule has 0 fully saturated rings. The molecular formula is C62H112O6. The second kappa shape index (κ2) is 57.0. The number of hydrogen-bond acceptors (Lipinski definition) is 6. The van der Waals surface area contributed by atoms with Gasteiger partial charge in [0, 0.05) is 19.3 Å². The molecule has 1 unspecified atom stereocenters. The first-order valence-corrected chi connectivity index (χ1v) is 29.6. The van der Waals surface area contributed by atoms with E-state index in [2.05, 4.69) is 69.4 Å². The second-order valence-corrected chi connectivity index (χ2v) is 19.9. The number of esters is 3. The highest BCUT2D eigenvalue weighted by Gasteiger charge is 2.19. The van der Waals surface area contributed by atoms with E-state index < -0.39 is 6.10 Å².